The van der Waals surface area contributed by atoms with E-state index in [-0.39, 0.29) is 36.4 Å². The molecule has 1 aromatic carbocycles. The van der Waals surface area contributed by atoms with E-state index in [1.807, 2.05) is 0 Å². The van der Waals surface area contributed by atoms with Crippen molar-refractivity contribution in [2.75, 3.05) is 18.9 Å². The molecule has 0 aliphatic carbocycles. The zero-order valence-corrected chi connectivity index (χ0v) is 11.5. The van der Waals surface area contributed by atoms with Crippen molar-refractivity contribution >= 4 is 23.6 Å². The van der Waals surface area contributed by atoms with Gasteiger partial charge in [-0.2, -0.15) is 0 Å². The fourth-order valence-corrected chi connectivity index (χ4v) is 2.00. The maximum Gasteiger partial charge on any atom is 0.307 e. The lowest BCUT2D eigenvalue weighted by atomic mass is 10.4. The molecule has 0 radical (unpaired) electrons. The molecule has 0 aromatic heterocycles. The zero-order chi connectivity index (χ0) is 14.1. The van der Waals surface area contributed by atoms with Crippen LogP contribution in [0.1, 0.15) is 13.3 Å². The molecule has 104 valence electrons. The van der Waals surface area contributed by atoms with Gasteiger partial charge in [0.05, 0.1) is 18.8 Å². The Morgan fingerprint density at radius 1 is 1.32 bits per heavy atom. The Morgan fingerprint density at radius 2 is 2.00 bits per heavy atom. The van der Waals surface area contributed by atoms with E-state index in [2.05, 4.69) is 5.32 Å². The molecule has 0 atom stereocenters. The van der Waals surface area contributed by atoms with Crippen molar-refractivity contribution in [2.24, 2.45) is 0 Å². The predicted molar refractivity (Wildman–Crippen MR) is 71.4 cm³/mol. The zero-order valence-electron chi connectivity index (χ0n) is 10.6. The number of thioether (sulfide) groups is 1. The lowest BCUT2D eigenvalue weighted by molar-refractivity contribution is -0.142. The summed E-state index contributed by atoms with van der Waals surface area (Å²) in [5.74, 6) is -0.565. The van der Waals surface area contributed by atoms with E-state index in [9.17, 15) is 14.0 Å². The van der Waals surface area contributed by atoms with Gasteiger partial charge < -0.3 is 10.1 Å². The van der Waals surface area contributed by atoms with Crippen LogP contribution in [-0.4, -0.2) is 30.8 Å². The molecule has 0 saturated carbocycles. The first kappa shape index (κ1) is 15.5. The molecule has 0 saturated heterocycles. The minimum Gasteiger partial charge on any atom is -0.466 e. The molecular weight excluding hydrogens is 269 g/mol. The van der Waals surface area contributed by atoms with Crippen molar-refractivity contribution < 1.29 is 18.7 Å². The van der Waals surface area contributed by atoms with Gasteiger partial charge in [0, 0.05) is 11.4 Å². The maximum absolute atomic E-state index is 12.7. The minimum absolute atomic E-state index is 0.167. The van der Waals surface area contributed by atoms with E-state index in [4.69, 9.17) is 4.74 Å². The van der Waals surface area contributed by atoms with E-state index < -0.39 is 0 Å². The van der Waals surface area contributed by atoms with Gasteiger partial charge in [0.1, 0.15) is 5.82 Å². The third-order valence-corrected chi connectivity index (χ3v) is 3.15. The lowest BCUT2D eigenvalue weighted by Gasteiger charge is -2.05. The van der Waals surface area contributed by atoms with Crippen molar-refractivity contribution in [1.29, 1.82) is 0 Å². The largest absolute Gasteiger partial charge is 0.466 e. The fraction of sp³-hybridized carbons (Fsp3) is 0.385. The average molecular weight is 285 g/mol. The number of rotatable bonds is 7. The van der Waals surface area contributed by atoms with Crippen LogP contribution in [0, 0.1) is 5.82 Å². The predicted octanol–water partition coefficient (Wildman–Crippen LogP) is 1.99. The number of carbonyl (C=O) groups excluding carboxylic acids is 2. The van der Waals surface area contributed by atoms with Gasteiger partial charge in [0.2, 0.25) is 5.91 Å². The molecule has 6 heteroatoms. The van der Waals surface area contributed by atoms with Crippen LogP contribution in [0.2, 0.25) is 0 Å². The normalized spacial score (nSPS) is 10.0. The van der Waals surface area contributed by atoms with Crippen LogP contribution >= 0.6 is 11.8 Å². The number of hydrogen-bond donors (Lipinski definition) is 1. The topological polar surface area (TPSA) is 55.4 Å². The number of nitrogens with one attached hydrogen (secondary N) is 1. The second-order valence-corrected chi connectivity index (χ2v) is 4.70. The van der Waals surface area contributed by atoms with Gasteiger partial charge in [-0.1, -0.05) is 0 Å². The number of esters is 1. The standard InChI is InChI=1S/C13H16FNO3S/c1-2-18-13(17)7-8-15-12(16)9-19-11-5-3-10(14)4-6-11/h3-6H,2,7-9H2,1H3,(H,15,16). The molecule has 0 heterocycles. The van der Waals surface area contributed by atoms with Crippen molar-refractivity contribution in [3.8, 4) is 0 Å². The first-order valence-corrected chi connectivity index (χ1v) is 6.91. The van der Waals surface area contributed by atoms with E-state index in [0.29, 0.717) is 6.61 Å². The third-order valence-electron chi connectivity index (χ3n) is 2.14. The highest BCUT2D eigenvalue weighted by atomic mass is 32.2. The van der Waals surface area contributed by atoms with E-state index in [1.54, 1.807) is 19.1 Å². The van der Waals surface area contributed by atoms with Crippen molar-refractivity contribution in [2.45, 2.75) is 18.2 Å². The van der Waals surface area contributed by atoms with Crippen molar-refractivity contribution in [3.63, 3.8) is 0 Å². The van der Waals surface area contributed by atoms with Crippen molar-refractivity contribution in [1.82, 2.24) is 5.32 Å². The molecule has 4 nitrogen and oxygen atoms in total. The molecule has 0 aliphatic heterocycles. The molecule has 19 heavy (non-hydrogen) atoms. The van der Waals surface area contributed by atoms with E-state index in [1.165, 1.54) is 23.9 Å². The second-order valence-electron chi connectivity index (χ2n) is 3.65. The Morgan fingerprint density at radius 3 is 2.63 bits per heavy atom. The quantitative estimate of drug-likeness (QED) is 0.615. The van der Waals surface area contributed by atoms with Gasteiger partial charge in [-0.3, -0.25) is 9.59 Å². The molecule has 1 rings (SSSR count). The van der Waals surface area contributed by atoms with Crippen LogP contribution in [0.4, 0.5) is 4.39 Å². The number of carbonyl (C=O) groups is 2. The lowest BCUT2D eigenvalue weighted by Crippen LogP contribution is -2.28. The smallest absolute Gasteiger partial charge is 0.307 e. The summed E-state index contributed by atoms with van der Waals surface area (Å²) in [6, 6.07) is 5.93. The first-order valence-electron chi connectivity index (χ1n) is 5.92. The highest BCUT2D eigenvalue weighted by molar-refractivity contribution is 8.00. The van der Waals surface area contributed by atoms with Gasteiger partial charge >= 0.3 is 5.97 Å². The molecule has 1 amide bonds. The molecule has 0 aliphatic rings. The average Bonchev–Trinajstić information content (AvgIpc) is 2.38. The Bertz CT molecular complexity index is 422. The molecule has 1 N–H and O–H groups in total. The Labute approximate surface area is 115 Å². The van der Waals surface area contributed by atoms with Gasteiger partial charge in [-0.05, 0) is 31.2 Å². The van der Waals surface area contributed by atoms with Crippen LogP contribution < -0.4 is 5.32 Å². The molecular formula is C13H16FNO3S. The third kappa shape index (κ3) is 6.81. The summed E-state index contributed by atoms with van der Waals surface area (Å²) in [5, 5.41) is 2.62. The van der Waals surface area contributed by atoms with Gasteiger partial charge in [-0.25, -0.2) is 4.39 Å². The minimum atomic E-state index is -0.325. The van der Waals surface area contributed by atoms with Crippen molar-refractivity contribution in [3.05, 3.63) is 30.1 Å². The van der Waals surface area contributed by atoms with Crippen LogP contribution in [0.3, 0.4) is 0 Å². The molecule has 0 fully saturated rings. The summed E-state index contributed by atoms with van der Waals surface area (Å²) in [4.78, 5) is 23.3. The Hall–Kier alpha value is -1.56. The summed E-state index contributed by atoms with van der Waals surface area (Å²) < 4.78 is 17.4. The highest BCUT2D eigenvalue weighted by Crippen LogP contribution is 2.17. The SMILES string of the molecule is CCOC(=O)CCNC(=O)CSc1ccc(F)cc1. The van der Waals surface area contributed by atoms with Crippen LogP contribution in [-0.2, 0) is 14.3 Å². The summed E-state index contributed by atoms with van der Waals surface area (Å²) in [6.45, 7) is 2.34. The Balaban J connectivity index is 2.17. The van der Waals surface area contributed by atoms with Gasteiger partial charge in [0.15, 0.2) is 0 Å². The Kier molecular flexibility index (Phi) is 6.95. The molecule has 0 spiro atoms. The second kappa shape index (κ2) is 8.53. The maximum atomic E-state index is 12.7. The fourth-order valence-electron chi connectivity index (χ4n) is 1.27. The number of halogens is 1. The number of hydrogen-bond acceptors (Lipinski definition) is 4. The van der Waals surface area contributed by atoms with Gasteiger partial charge in [0.25, 0.3) is 0 Å². The van der Waals surface area contributed by atoms with Crippen LogP contribution in [0.25, 0.3) is 0 Å². The molecule has 0 bridgehead atoms. The monoisotopic (exact) mass is 285 g/mol. The van der Waals surface area contributed by atoms with E-state index in [0.717, 1.165) is 4.90 Å². The molecule has 0 unspecified atom stereocenters. The summed E-state index contributed by atoms with van der Waals surface area (Å²) >= 11 is 1.31. The number of benzene rings is 1. The first-order chi connectivity index (χ1) is 9.11. The van der Waals surface area contributed by atoms with Gasteiger partial charge in [-0.15, -0.1) is 11.8 Å². The summed E-state index contributed by atoms with van der Waals surface area (Å²) in [5.41, 5.74) is 0. The summed E-state index contributed by atoms with van der Waals surface area (Å²) in [7, 11) is 0. The van der Waals surface area contributed by atoms with Crippen LogP contribution in [0.5, 0.6) is 0 Å². The number of ether oxygens (including phenoxy) is 1. The molecule has 1 aromatic rings. The highest BCUT2D eigenvalue weighted by Gasteiger charge is 2.05. The number of amides is 1. The van der Waals surface area contributed by atoms with Crippen LogP contribution in [0.15, 0.2) is 29.2 Å². The van der Waals surface area contributed by atoms with E-state index >= 15 is 0 Å². The summed E-state index contributed by atoms with van der Waals surface area (Å²) in [6.07, 6.45) is 0.167.